The van der Waals surface area contributed by atoms with E-state index in [2.05, 4.69) is 26.6 Å². The molecule has 1 aromatic carbocycles. The molecule has 5 nitrogen and oxygen atoms in total. The smallest absolute Gasteiger partial charge is 0.295 e. The summed E-state index contributed by atoms with van der Waals surface area (Å²) in [6, 6.07) is 2.81. The Labute approximate surface area is 118 Å². The highest BCUT2D eigenvalue weighted by molar-refractivity contribution is 9.10. The molecule has 104 valence electrons. The number of benzene rings is 1. The Morgan fingerprint density at radius 1 is 1.58 bits per heavy atom. The van der Waals surface area contributed by atoms with Gasteiger partial charge < -0.3 is 10.6 Å². The van der Waals surface area contributed by atoms with Crippen LogP contribution in [0.3, 0.4) is 0 Å². The van der Waals surface area contributed by atoms with Gasteiger partial charge in [-0.15, -0.1) is 0 Å². The largest absolute Gasteiger partial charge is 0.379 e. The number of rotatable bonds is 5. The van der Waals surface area contributed by atoms with Crippen LogP contribution in [0.15, 0.2) is 16.6 Å². The van der Waals surface area contributed by atoms with Crippen LogP contribution in [-0.2, 0) is 0 Å². The monoisotopic (exact) mass is 331 g/mol. The number of nitro groups is 1. The molecule has 2 rings (SSSR count). The molecule has 1 aliphatic rings. The van der Waals surface area contributed by atoms with Gasteiger partial charge in [0.05, 0.1) is 15.5 Å². The maximum atomic E-state index is 13.3. The third-order valence-electron chi connectivity index (χ3n) is 3.21. The number of nitrogens with one attached hydrogen (secondary N) is 2. The molecule has 1 saturated heterocycles. The summed E-state index contributed by atoms with van der Waals surface area (Å²) in [5.74, 6) is -0.630. The van der Waals surface area contributed by atoms with Crippen LogP contribution in [0.25, 0.3) is 0 Å². The molecule has 19 heavy (non-hydrogen) atoms. The fourth-order valence-electron chi connectivity index (χ4n) is 2.21. The molecule has 1 aliphatic heterocycles. The van der Waals surface area contributed by atoms with Gasteiger partial charge in [0.15, 0.2) is 0 Å². The maximum Gasteiger partial charge on any atom is 0.295 e. The zero-order valence-electron chi connectivity index (χ0n) is 10.3. The van der Waals surface area contributed by atoms with Crippen LogP contribution in [0.1, 0.15) is 19.3 Å². The zero-order valence-corrected chi connectivity index (χ0v) is 11.9. The van der Waals surface area contributed by atoms with Crippen molar-refractivity contribution in [1.82, 2.24) is 5.32 Å². The average Bonchev–Trinajstić information content (AvgIpc) is 2.86. The second-order valence-electron chi connectivity index (χ2n) is 4.55. The van der Waals surface area contributed by atoms with Crippen LogP contribution < -0.4 is 10.6 Å². The van der Waals surface area contributed by atoms with E-state index in [9.17, 15) is 14.5 Å². The maximum absolute atomic E-state index is 13.3. The second kappa shape index (κ2) is 6.29. The highest BCUT2D eigenvalue weighted by Crippen LogP contribution is 2.30. The topological polar surface area (TPSA) is 67.2 Å². The molecule has 1 fully saturated rings. The van der Waals surface area contributed by atoms with Gasteiger partial charge in [0, 0.05) is 12.6 Å². The third kappa shape index (κ3) is 3.63. The van der Waals surface area contributed by atoms with Crippen molar-refractivity contribution in [1.29, 1.82) is 0 Å². The first-order chi connectivity index (χ1) is 9.08. The SMILES string of the molecule is O=[N+]([O-])c1cc(F)c(Br)cc1NCCC1CCCN1. The van der Waals surface area contributed by atoms with Crippen LogP contribution in [0.2, 0.25) is 0 Å². The molecule has 0 aliphatic carbocycles. The summed E-state index contributed by atoms with van der Waals surface area (Å²) in [6.07, 6.45) is 3.20. The first-order valence-corrected chi connectivity index (χ1v) is 6.98. The van der Waals surface area contributed by atoms with Crippen molar-refractivity contribution in [3.63, 3.8) is 0 Å². The van der Waals surface area contributed by atoms with Gasteiger partial charge in [-0.05, 0) is 47.8 Å². The minimum absolute atomic E-state index is 0.222. The number of anilines is 1. The van der Waals surface area contributed by atoms with Gasteiger partial charge in [0.25, 0.3) is 5.69 Å². The average molecular weight is 332 g/mol. The van der Waals surface area contributed by atoms with Crippen LogP contribution in [-0.4, -0.2) is 24.1 Å². The number of nitro benzene ring substituents is 1. The van der Waals surface area contributed by atoms with Crippen molar-refractivity contribution in [3.8, 4) is 0 Å². The first kappa shape index (κ1) is 14.2. The number of nitrogens with zero attached hydrogens (tertiary/aromatic N) is 1. The fourth-order valence-corrected chi connectivity index (χ4v) is 2.56. The van der Waals surface area contributed by atoms with E-state index >= 15 is 0 Å². The minimum atomic E-state index is -0.630. The number of hydrogen-bond donors (Lipinski definition) is 2. The van der Waals surface area contributed by atoms with Gasteiger partial charge in [-0.3, -0.25) is 10.1 Å². The molecule has 0 aromatic heterocycles. The van der Waals surface area contributed by atoms with E-state index in [1.807, 2.05) is 0 Å². The van der Waals surface area contributed by atoms with Gasteiger partial charge in [-0.2, -0.15) is 0 Å². The Morgan fingerprint density at radius 2 is 2.37 bits per heavy atom. The molecular formula is C12H15BrFN3O2. The Balaban J connectivity index is 2.01. The molecule has 2 N–H and O–H groups in total. The lowest BCUT2D eigenvalue weighted by molar-refractivity contribution is -0.384. The summed E-state index contributed by atoms with van der Waals surface area (Å²) in [6.45, 7) is 1.66. The summed E-state index contributed by atoms with van der Waals surface area (Å²) in [5.41, 5.74) is 0.108. The van der Waals surface area contributed by atoms with Crippen LogP contribution in [0.4, 0.5) is 15.8 Å². The standard InChI is InChI=1S/C12H15BrFN3O2/c13-9-6-11(12(17(18)19)7-10(9)14)16-5-3-8-2-1-4-15-8/h6-8,15-16H,1-5H2. The second-order valence-corrected chi connectivity index (χ2v) is 5.40. The van der Waals surface area contributed by atoms with E-state index in [0.29, 0.717) is 18.3 Å². The molecule has 0 bridgehead atoms. The van der Waals surface area contributed by atoms with E-state index in [4.69, 9.17) is 0 Å². The van der Waals surface area contributed by atoms with E-state index in [0.717, 1.165) is 25.5 Å². The molecule has 0 saturated carbocycles. The van der Waals surface area contributed by atoms with Gasteiger partial charge in [0.2, 0.25) is 0 Å². The predicted molar refractivity (Wildman–Crippen MR) is 74.9 cm³/mol. The van der Waals surface area contributed by atoms with E-state index in [-0.39, 0.29) is 10.2 Å². The molecule has 1 unspecified atom stereocenters. The van der Waals surface area contributed by atoms with Crippen LogP contribution in [0, 0.1) is 15.9 Å². The number of halogens is 2. The van der Waals surface area contributed by atoms with E-state index in [1.165, 1.54) is 12.5 Å². The van der Waals surface area contributed by atoms with Crippen molar-refractivity contribution in [2.75, 3.05) is 18.4 Å². The lowest BCUT2D eigenvalue weighted by atomic mass is 10.1. The highest BCUT2D eigenvalue weighted by Gasteiger charge is 2.18. The van der Waals surface area contributed by atoms with Gasteiger partial charge >= 0.3 is 0 Å². The molecule has 1 aromatic rings. The van der Waals surface area contributed by atoms with Gasteiger partial charge in [0.1, 0.15) is 11.5 Å². The Kier molecular flexibility index (Phi) is 4.71. The molecular weight excluding hydrogens is 317 g/mol. The minimum Gasteiger partial charge on any atom is -0.379 e. The molecule has 0 spiro atoms. The lowest BCUT2D eigenvalue weighted by Gasteiger charge is -2.12. The predicted octanol–water partition coefficient (Wildman–Crippen LogP) is 3.05. The Bertz CT molecular complexity index is 478. The first-order valence-electron chi connectivity index (χ1n) is 6.18. The van der Waals surface area contributed by atoms with Crippen molar-refractivity contribution in [2.24, 2.45) is 0 Å². The lowest BCUT2D eigenvalue weighted by Crippen LogP contribution is -2.24. The Morgan fingerprint density at radius 3 is 3.00 bits per heavy atom. The van der Waals surface area contributed by atoms with Gasteiger partial charge in [-0.25, -0.2) is 4.39 Å². The quantitative estimate of drug-likeness (QED) is 0.642. The normalized spacial score (nSPS) is 18.5. The summed E-state index contributed by atoms with van der Waals surface area (Å²) in [5, 5.41) is 17.2. The zero-order chi connectivity index (χ0) is 13.8. The fraction of sp³-hybridized carbons (Fsp3) is 0.500. The number of hydrogen-bond acceptors (Lipinski definition) is 4. The molecule has 0 amide bonds. The molecule has 0 radical (unpaired) electrons. The molecule has 1 atom stereocenters. The van der Waals surface area contributed by atoms with Crippen molar-refractivity contribution in [2.45, 2.75) is 25.3 Å². The van der Waals surface area contributed by atoms with E-state index in [1.54, 1.807) is 0 Å². The van der Waals surface area contributed by atoms with E-state index < -0.39 is 10.7 Å². The van der Waals surface area contributed by atoms with Crippen LogP contribution >= 0.6 is 15.9 Å². The molecule has 1 heterocycles. The summed E-state index contributed by atoms with van der Waals surface area (Å²) < 4.78 is 13.5. The summed E-state index contributed by atoms with van der Waals surface area (Å²) >= 11 is 3.04. The third-order valence-corrected chi connectivity index (χ3v) is 3.81. The van der Waals surface area contributed by atoms with Crippen LogP contribution in [0.5, 0.6) is 0 Å². The van der Waals surface area contributed by atoms with Crippen molar-refractivity contribution >= 4 is 27.3 Å². The summed E-state index contributed by atoms with van der Waals surface area (Å²) in [4.78, 5) is 10.3. The highest BCUT2D eigenvalue weighted by atomic mass is 79.9. The summed E-state index contributed by atoms with van der Waals surface area (Å²) in [7, 11) is 0. The van der Waals surface area contributed by atoms with Gasteiger partial charge in [-0.1, -0.05) is 0 Å². The molecule has 7 heteroatoms. The van der Waals surface area contributed by atoms with Crippen molar-refractivity contribution in [3.05, 3.63) is 32.5 Å². The van der Waals surface area contributed by atoms with Crippen molar-refractivity contribution < 1.29 is 9.31 Å². The Hall–Kier alpha value is -1.21.